The molecule has 0 fully saturated rings. The van der Waals surface area contributed by atoms with Crippen LogP contribution < -0.4 is 10.6 Å². The van der Waals surface area contributed by atoms with Crippen molar-refractivity contribution >= 4 is 11.6 Å². The van der Waals surface area contributed by atoms with Crippen molar-refractivity contribution in [3.63, 3.8) is 0 Å². The normalized spacial score (nSPS) is 15.8. The molecule has 0 spiro atoms. The fourth-order valence-electron chi connectivity index (χ4n) is 2.48. The first-order valence-corrected chi connectivity index (χ1v) is 7.27. The zero-order valence-corrected chi connectivity index (χ0v) is 12.2. The second-order valence-electron chi connectivity index (χ2n) is 5.08. The average molecular weight is 284 g/mol. The van der Waals surface area contributed by atoms with Gasteiger partial charge in [0, 0.05) is 32.3 Å². The minimum atomic E-state index is 0.463. The Morgan fingerprint density at radius 2 is 2.19 bits per heavy atom. The summed E-state index contributed by atoms with van der Waals surface area (Å²) in [5, 5.41) is 15.1. The Morgan fingerprint density at radius 3 is 3.00 bits per heavy atom. The van der Waals surface area contributed by atoms with Crippen molar-refractivity contribution in [1.82, 2.24) is 25.2 Å². The van der Waals surface area contributed by atoms with Gasteiger partial charge in [0.15, 0.2) is 11.6 Å². The van der Waals surface area contributed by atoms with Crippen molar-refractivity contribution in [1.29, 1.82) is 0 Å². The second kappa shape index (κ2) is 6.39. The highest BCUT2D eigenvalue weighted by molar-refractivity contribution is 5.80. The van der Waals surface area contributed by atoms with Crippen LogP contribution in [0.3, 0.4) is 0 Å². The summed E-state index contributed by atoms with van der Waals surface area (Å²) in [4.78, 5) is 4.26. The van der Waals surface area contributed by atoms with Gasteiger partial charge >= 0.3 is 0 Å². The van der Waals surface area contributed by atoms with Gasteiger partial charge in [0.25, 0.3) is 0 Å². The lowest BCUT2D eigenvalue weighted by molar-refractivity contribution is 0.631. The van der Waals surface area contributed by atoms with Gasteiger partial charge in [-0.3, -0.25) is 9.39 Å². The standard InChI is InChI=1S/C15H20N6/c1-16-15(18-12-6-2-3-7-12)17-10-9-14-20-19-13-8-4-5-11-21(13)14/h2-5,8,11-12H,6-7,9-10H2,1H3,(H2,16,17,18). The minimum Gasteiger partial charge on any atom is -0.356 e. The molecule has 0 unspecified atom stereocenters. The van der Waals surface area contributed by atoms with E-state index in [1.54, 1.807) is 7.05 Å². The Bertz CT molecular complexity index is 649. The number of nitrogens with zero attached hydrogens (tertiary/aromatic N) is 4. The summed E-state index contributed by atoms with van der Waals surface area (Å²) in [7, 11) is 1.80. The lowest BCUT2D eigenvalue weighted by Gasteiger charge is -2.16. The molecule has 1 aliphatic carbocycles. The number of nitrogens with one attached hydrogen (secondary N) is 2. The van der Waals surface area contributed by atoms with Crippen molar-refractivity contribution in [3.05, 3.63) is 42.4 Å². The number of pyridine rings is 1. The number of hydrogen-bond donors (Lipinski definition) is 2. The zero-order chi connectivity index (χ0) is 14.5. The molecule has 6 heteroatoms. The minimum absolute atomic E-state index is 0.463. The van der Waals surface area contributed by atoms with Gasteiger partial charge in [-0.2, -0.15) is 0 Å². The summed E-state index contributed by atoms with van der Waals surface area (Å²) in [6.45, 7) is 0.773. The van der Waals surface area contributed by atoms with E-state index in [-0.39, 0.29) is 0 Å². The van der Waals surface area contributed by atoms with Gasteiger partial charge in [0.2, 0.25) is 0 Å². The molecule has 1 aliphatic rings. The number of fused-ring (bicyclic) bond motifs is 1. The van der Waals surface area contributed by atoms with E-state index in [4.69, 9.17) is 0 Å². The van der Waals surface area contributed by atoms with E-state index < -0.39 is 0 Å². The van der Waals surface area contributed by atoms with Gasteiger partial charge < -0.3 is 10.6 Å². The average Bonchev–Trinajstić information content (AvgIpc) is 3.16. The van der Waals surface area contributed by atoms with E-state index >= 15 is 0 Å². The molecule has 0 atom stereocenters. The molecule has 0 radical (unpaired) electrons. The Kier molecular flexibility index (Phi) is 4.14. The maximum atomic E-state index is 4.26. The van der Waals surface area contributed by atoms with Gasteiger partial charge in [0.1, 0.15) is 5.82 Å². The molecule has 0 saturated heterocycles. The van der Waals surface area contributed by atoms with Crippen LogP contribution in [0.5, 0.6) is 0 Å². The van der Waals surface area contributed by atoms with Crippen molar-refractivity contribution < 1.29 is 0 Å². The predicted molar refractivity (Wildman–Crippen MR) is 83.4 cm³/mol. The van der Waals surface area contributed by atoms with Crippen LogP contribution in [-0.4, -0.2) is 40.2 Å². The van der Waals surface area contributed by atoms with E-state index in [0.717, 1.165) is 43.2 Å². The lowest BCUT2D eigenvalue weighted by Crippen LogP contribution is -2.43. The third kappa shape index (κ3) is 3.21. The second-order valence-corrected chi connectivity index (χ2v) is 5.08. The SMILES string of the molecule is CN=C(NCCc1nnc2ccccn12)NC1CC=CC1. The maximum absolute atomic E-state index is 4.26. The van der Waals surface area contributed by atoms with Crippen LogP contribution in [0, 0.1) is 0 Å². The van der Waals surface area contributed by atoms with Gasteiger partial charge in [-0.05, 0) is 25.0 Å². The molecule has 110 valence electrons. The molecule has 0 aliphatic heterocycles. The number of aliphatic imine (C=N–C) groups is 1. The highest BCUT2D eigenvalue weighted by Gasteiger charge is 2.11. The monoisotopic (exact) mass is 284 g/mol. The van der Waals surface area contributed by atoms with Crippen molar-refractivity contribution in [2.24, 2.45) is 4.99 Å². The number of rotatable bonds is 4. The molecule has 0 bridgehead atoms. The molecular weight excluding hydrogens is 264 g/mol. The fraction of sp³-hybridized carbons (Fsp3) is 0.400. The van der Waals surface area contributed by atoms with Crippen LogP contribution in [-0.2, 0) is 6.42 Å². The summed E-state index contributed by atoms with van der Waals surface area (Å²) in [5.41, 5.74) is 0.882. The highest BCUT2D eigenvalue weighted by atomic mass is 15.2. The topological polar surface area (TPSA) is 66.6 Å². The first-order valence-electron chi connectivity index (χ1n) is 7.27. The van der Waals surface area contributed by atoms with Crippen LogP contribution in [0.1, 0.15) is 18.7 Å². The lowest BCUT2D eigenvalue weighted by atomic mass is 10.2. The maximum Gasteiger partial charge on any atom is 0.191 e. The molecule has 0 amide bonds. The van der Waals surface area contributed by atoms with Crippen LogP contribution in [0.2, 0.25) is 0 Å². The van der Waals surface area contributed by atoms with Crippen molar-refractivity contribution in [2.45, 2.75) is 25.3 Å². The van der Waals surface area contributed by atoms with E-state index in [0.29, 0.717) is 6.04 Å². The Hall–Kier alpha value is -2.37. The summed E-state index contributed by atoms with van der Waals surface area (Å²) < 4.78 is 2.01. The largest absolute Gasteiger partial charge is 0.356 e. The van der Waals surface area contributed by atoms with Gasteiger partial charge in [0.05, 0.1) is 0 Å². The molecule has 2 aromatic heterocycles. The molecule has 2 N–H and O–H groups in total. The molecule has 21 heavy (non-hydrogen) atoms. The Labute approximate surface area is 124 Å². The fourth-order valence-corrected chi connectivity index (χ4v) is 2.48. The summed E-state index contributed by atoms with van der Waals surface area (Å²) in [5.74, 6) is 1.80. The zero-order valence-electron chi connectivity index (χ0n) is 12.2. The number of aromatic nitrogens is 3. The van der Waals surface area contributed by atoms with Crippen LogP contribution in [0.4, 0.5) is 0 Å². The summed E-state index contributed by atoms with van der Waals surface area (Å²) in [6, 6.07) is 6.37. The molecule has 0 saturated carbocycles. The predicted octanol–water partition coefficient (Wildman–Crippen LogP) is 1.16. The van der Waals surface area contributed by atoms with E-state index in [1.165, 1.54) is 0 Å². The molecule has 0 aromatic carbocycles. The summed E-state index contributed by atoms with van der Waals surface area (Å²) >= 11 is 0. The van der Waals surface area contributed by atoms with Crippen LogP contribution in [0.25, 0.3) is 5.65 Å². The highest BCUT2D eigenvalue weighted by Crippen LogP contribution is 2.08. The van der Waals surface area contributed by atoms with Crippen LogP contribution in [0.15, 0.2) is 41.5 Å². The molecule has 6 nitrogen and oxygen atoms in total. The van der Waals surface area contributed by atoms with Gasteiger partial charge in [-0.1, -0.05) is 18.2 Å². The third-order valence-corrected chi connectivity index (χ3v) is 3.60. The van der Waals surface area contributed by atoms with E-state index in [1.807, 2.05) is 28.8 Å². The van der Waals surface area contributed by atoms with E-state index in [9.17, 15) is 0 Å². The number of guanidine groups is 1. The molecule has 2 aromatic rings. The number of hydrogen-bond acceptors (Lipinski definition) is 3. The molecule has 3 rings (SSSR count). The molecular formula is C15H20N6. The van der Waals surface area contributed by atoms with Crippen molar-refractivity contribution in [2.75, 3.05) is 13.6 Å². The van der Waals surface area contributed by atoms with Crippen molar-refractivity contribution in [3.8, 4) is 0 Å². The van der Waals surface area contributed by atoms with Gasteiger partial charge in [-0.15, -0.1) is 10.2 Å². The van der Waals surface area contributed by atoms with E-state index in [2.05, 4.69) is 38.0 Å². The third-order valence-electron chi connectivity index (χ3n) is 3.60. The molecule has 2 heterocycles. The quantitative estimate of drug-likeness (QED) is 0.502. The first kappa shape index (κ1) is 13.6. The Balaban J connectivity index is 1.52. The first-order chi connectivity index (χ1) is 10.4. The van der Waals surface area contributed by atoms with Gasteiger partial charge in [-0.25, -0.2) is 0 Å². The smallest absolute Gasteiger partial charge is 0.191 e. The Morgan fingerprint density at radius 1 is 1.33 bits per heavy atom. The summed E-state index contributed by atoms with van der Waals surface area (Å²) in [6.07, 6.45) is 9.32. The van der Waals surface area contributed by atoms with Crippen LogP contribution >= 0.6 is 0 Å².